The van der Waals surface area contributed by atoms with E-state index in [-0.39, 0.29) is 22.3 Å². The van der Waals surface area contributed by atoms with Gasteiger partial charge in [0.05, 0.1) is 21.6 Å². The largest absolute Gasteiger partial charge is 0.306 e. The first-order chi connectivity index (χ1) is 17.4. The van der Waals surface area contributed by atoms with Crippen LogP contribution in [0.25, 0.3) is 38.9 Å². The van der Waals surface area contributed by atoms with Gasteiger partial charge in [-0.05, 0) is 37.6 Å². The molecule has 2 aromatic carbocycles. The Labute approximate surface area is 205 Å². The van der Waals surface area contributed by atoms with E-state index in [0.29, 0.717) is 34.6 Å². The van der Waals surface area contributed by atoms with Gasteiger partial charge >= 0.3 is 5.69 Å². The van der Waals surface area contributed by atoms with Gasteiger partial charge in [-0.2, -0.15) is 4.39 Å². The zero-order valence-corrected chi connectivity index (χ0v) is 20.1. The molecule has 0 aliphatic heterocycles. The normalized spacial score (nSPS) is 11.6. The van der Waals surface area contributed by atoms with E-state index in [2.05, 4.69) is 6.92 Å². The molecule has 0 radical (unpaired) electrons. The number of hydrogen-bond donors (Lipinski definition) is 0. The Balaban J connectivity index is 1.79. The summed E-state index contributed by atoms with van der Waals surface area (Å²) in [7, 11) is 0. The van der Waals surface area contributed by atoms with Crippen LogP contribution in [0.3, 0.4) is 0 Å². The molecule has 36 heavy (non-hydrogen) atoms. The molecule has 0 atom stereocenters. The van der Waals surface area contributed by atoms with E-state index in [4.69, 9.17) is 15.0 Å². The topological polar surface area (TPSA) is 109 Å². The highest BCUT2D eigenvalue weighted by Gasteiger charge is 2.24. The lowest BCUT2D eigenvalue weighted by Gasteiger charge is -2.11. The van der Waals surface area contributed by atoms with Gasteiger partial charge in [0.1, 0.15) is 16.7 Å². The van der Waals surface area contributed by atoms with Crippen LogP contribution in [0, 0.1) is 22.9 Å². The molecule has 0 bridgehead atoms. The van der Waals surface area contributed by atoms with Crippen LogP contribution in [-0.4, -0.2) is 29.0 Å². The molecule has 3 heterocycles. The van der Waals surface area contributed by atoms with Gasteiger partial charge < -0.3 is 0 Å². The number of benzene rings is 2. The molecule has 5 aromatic rings. The first kappa shape index (κ1) is 23.5. The maximum absolute atomic E-state index is 14.1. The molecule has 0 aliphatic rings. The number of nitrogens with zero attached hydrogens (tertiary/aromatic N) is 6. The van der Waals surface area contributed by atoms with E-state index in [9.17, 15) is 19.3 Å². The Morgan fingerprint density at radius 1 is 0.972 bits per heavy atom. The molecular formula is C26H25FN6O3. The number of unbranched alkanes of at least 4 members (excludes halogenated alkanes) is 4. The molecule has 3 aromatic heterocycles. The van der Waals surface area contributed by atoms with E-state index in [1.54, 1.807) is 22.1 Å². The van der Waals surface area contributed by atoms with Crippen molar-refractivity contribution in [3.63, 3.8) is 0 Å². The summed E-state index contributed by atoms with van der Waals surface area (Å²) in [6.07, 6.45) is 5.28. The first-order valence-corrected chi connectivity index (χ1v) is 12.0. The highest BCUT2D eigenvalue weighted by atomic mass is 19.1. The summed E-state index contributed by atoms with van der Waals surface area (Å²) in [4.78, 5) is 38.6. The number of aryl methyl sites for hydroxylation is 1. The number of nitro groups is 1. The molecule has 5 rings (SSSR count). The molecule has 0 N–H and O–H groups in total. The number of halogens is 1. The Bertz CT molecular complexity index is 1690. The van der Waals surface area contributed by atoms with E-state index in [0.717, 1.165) is 44.2 Å². The van der Waals surface area contributed by atoms with Gasteiger partial charge in [-0.3, -0.25) is 24.0 Å². The molecule has 0 spiro atoms. The first-order valence-electron chi connectivity index (χ1n) is 12.0. The van der Waals surface area contributed by atoms with Crippen molar-refractivity contribution in [3.8, 4) is 5.69 Å². The predicted molar refractivity (Wildman–Crippen MR) is 136 cm³/mol. The summed E-state index contributed by atoms with van der Waals surface area (Å²) < 4.78 is 17.3. The molecule has 0 unspecified atom stereocenters. The third kappa shape index (κ3) is 3.98. The molecule has 184 valence electrons. The summed E-state index contributed by atoms with van der Waals surface area (Å²) >= 11 is 0. The molecule has 0 amide bonds. The van der Waals surface area contributed by atoms with Crippen LogP contribution in [0.2, 0.25) is 0 Å². The van der Waals surface area contributed by atoms with Crippen molar-refractivity contribution in [2.24, 2.45) is 0 Å². The van der Waals surface area contributed by atoms with Crippen LogP contribution in [-0.2, 0) is 6.54 Å². The van der Waals surface area contributed by atoms with E-state index >= 15 is 0 Å². The molecule has 10 heteroatoms. The number of fused-ring (bicyclic) bond motifs is 4. The fraction of sp³-hybridized carbons (Fsp3) is 0.308. The van der Waals surface area contributed by atoms with Gasteiger partial charge in [-0.15, -0.1) is 0 Å². The number of para-hydroxylation sites is 2. The highest BCUT2D eigenvalue weighted by molar-refractivity contribution is 6.05. The van der Waals surface area contributed by atoms with Crippen molar-refractivity contribution in [1.82, 2.24) is 24.1 Å². The lowest BCUT2D eigenvalue weighted by atomic mass is 10.1. The Morgan fingerprint density at radius 2 is 1.69 bits per heavy atom. The second kappa shape index (κ2) is 9.44. The minimum Gasteiger partial charge on any atom is -0.296 e. The summed E-state index contributed by atoms with van der Waals surface area (Å²) in [6, 6.07) is 10.8. The van der Waals surface area contributed by atoms with Crippen molar-refractivity contribution in [3.05, 3.63) is 74.6 Å². The number of rotatable bonds is 8. The number of hydrogen-bond acceptors (Lipinski definition) is 6. The number of nitro benzene ring substituents is 1. The predicted octanol–water partition coefficient (Wildman–Crippen LogP) is 5.61. The van der Waals surface area contributed by atoms with Crippen LogP contribution in [0.4, 0.5) is 10.1 Å². The summed E-state index contributed by atoms with van der Waals surface area (Å²) in [6.45, 7) is 4.45. The maximum Gasteiger partial charge on any atom is 0.306 e. The van der Waals surface area contributed by atoms with Gasteiger partial charge in [0, 0.05) is 12.6 Å². The molecule has 0 saturated heterocycles. The average Bonchev–Trinajstić information content (AvgIpc) is 3.17. The summed E-state index contributed by atoms with van der Waals surface area (Å²) in [5, 5.41) is 11.7. The summed E-state index contributed by atoms with van der Waals surface area (Å²) in [5.41, 5.74) is 1.54. The monoisotopic (exact) mass is 488 g/mol. The number of aromatic nitrogens is 5. The van der Waals surface area contributed by atoms with Crippen molar-refractivity contribution >= 4 is 38.9 Å². The third-order valence-electron chi connectivity index (χ3n) is 6.42. The Hall–Kier alpha value is -4.21. The van der Waals surface area contributed by atoms with Crippen molar-refractivity contribution < 1.29 is 9.31 Å². The SMILES string of the molecule is CCCCCCCn1c(C)nc2c(c1=O)c1nc3ccccc3nc1n2-c1ccc(F)c([N+](=O)[O-])c1. The van der Waals surface area contributed by atoms with Crippen LogP contribution in [0.1, 0.15) is 44.9 Å². The van der Waals surface area contributed by atoms with Crippen molar-refractivity contribution in [2.45, 2.75) is 52.5 Å². The molecule has 9 nitrogen and oxygen atoms in total. The van der Waals surface area contributed by atoms with Gasteiger partial charge in [-0.1, -0.05) is 44.7 Å². The van der Waals surface area contributed by atoms with E-state index in [1.807, 2.05) is 18.2 Å². The minimum atomic E-state index is -0.949. The summed E-state index contributed by atoms with van der Waals surface area (Å²) in [5.74, 6) is -0.427. The molecule has 0 saturated carbocycles. The van der Waals surface area contributed by atoms with E-state index in [1.165, 1.54) is 6.07 Å². The van der Waals surface area contributed by atoms with Gasteiger partial charge in [0.2, 0.25) is 5.82 Å². The Morgan fingerprint density at radius 3 is 2.42 bits per heavy atom. The molecular weight excluding hydrogens is 463 g/mol. The fourth-order valence-electron chi connectivity index (χ4n) is 4.59. The van der Waals surface area contributed by atoms with Crippen molar-refractivity contribution in [1.29, 1.82) is 0 Å². The van der Waals surface area contributed by atoms with Crippen LogP contribution in [0.5, 0.6) is 0 Å². The van der Waals surface area contributed by atoms with Crippen molar-refractivity contribution in [2.75, 3.05) is 0 Å². The zero-order chi connectivity index (χ0) is 25.4. The van der Waals surface area contributed by atoms with Gasteiger partial charge in [0.15, 0.2) is 11.3 Å². The molecule has 0 fully saturated rings. The van der Waals surface area contributed by atoms with E-state index < -0.39 is 16.4 Å². The molecule has 0 aliphatic carbocycles. The zero-order valence-electron chi connectivity index (χ0n) is 20.1. The third-order valence-corrected chi connectivity index (χ3v) is 6.42. The average molecular weight is 489 g/mol. The minimum absolute atomic E-state index is 0.238. The van der Waals surface area contributed by atoms with Crippen LogP contribution in [0.15, 0.2) is 47.3 Å². The fourth-order valence-corrected chi connectivity index (χ4v) is 4.59. The lowest BCUT2D eigenvalue weighted by molar-refractivity contribution is -0.387. The smallest absolute Gasteiger partial charge is 0.296 e. The Kier molecular flexibility index (Phi) is 6.17. The quantitative estimate of drug-likeness (QED) is 0.160. The van der Waals surface area contributed by atoms with Gasteiger partial charge in [-0.25, -0.2) is 15.0 Å². The maximum atomic E-state index is 14.1. The standard InChI is InChI=1S/C26H25FN6O3/c1-3-4-5-6-9-14-31-16(2)28-24-22(26(31)34)23-25(30-20-11-8-7-10-19(20)29-23)32(24)17-12-13-18(27)21(15-17)33(35)36/h7-8,10-13,15H,3-6,9,14H2,1-2H3. The highest BCUT2D eigenvalue weighted by Crippen LogP contribution is 2.30. The second-order valence-electron chi connectivity index (χ2n) is 8.84. The van der Waals surface area contributed by atoms with Crippen LogP contribution < -0.4 is 5.56 Å². The van der Waals surface area contributed by atoms with Crippen LogP contribution >= 0.6 is 0 Å². The second-order valence-corrected chi connectivity index (χ2v) is 8.84. The lowest BCUT2D eigenvalue weighted by Crippen LogP contribution is -2.24. The van der Waals surface area contributed by atoms with Gasteiger partial charge in [0.25, 0.3) is 5.56 Å².